The molecule has 1 amide bonds. The Hall–Kier alpha value is -3.26. The fraction of sp³-hybridized carbons (Fsp3) is 0.333. The quantitative estimate of drug-likeness (QED) is 0.719. The van der Waals surface area contributed by atoms with Gasteiger partial charge in [-0.1, -0.05) is 24.3 Å². The van der Waals surface area contributed by atoms with E-state index in [4.69, 9.17) is 4.74 Å². The molecule has 3 heterocycles. The van der Waals surface area contributed by atoms with Crippen molar-refractivity contribution in [2.75, 3.05) is 29.9 Å². The van der Waals surface area contributed by atoms with Gasteiger partial charge in [0.25, 0.3) is 5.91 Å². The molecular formula is C21H24N6O2. The minimum atomic E-state index is -0.561. The van der Waals surface area contributed by atoms with Crippen molar-refractivity contribution < 1.29 is 9.53 Å². The molecule has 150 valence electrons. The number of hydrogen-bond acceptors (Lipinski definition) is 6. The first-order valence-corrected chi connectivity index (χ1v) is 9.71. The zero-order chi connectivity index (χ0) is 20.2. The molecule has 1 aliphatic heterocycles. The smallest absolute Gasteiger partial charge is 0.256 e. The van der Waals surface area contributed by atoms with Crippen LogP contribution in [0.2, 0.25) is 0 Å². The van der Waals surface area contributed by atoms with Crippen LogP contribution in [-0.2, 0) is 9.53 Å². The van der Waals surface area contributed by atoms with E-state index in [2.05, 4.69) is 39.2 Å². The molecule has 1 aliphatic rings. The number of ether oxygens (including phenoxy) is 1. The maximum absolute atomic E-state index is 12.8. The van der Waals surface area contributed by atoms with Gasteiger partial charge in [-0.15, -0.1) is 10.2 Å². The normalized spacial score (nSPS) is 16.8. The lowest BCUT2D eigenvalue weighted by Crippen LogP contribution is -2.48. The van der Waals surface area contributed by atoms with Crippen molar-refractivity contribution in [1.82, 2.24) is 19.7 Å². The standard InChI is InChI=1S/C21H24N6O2/c1-15(2)27-14-22-25-20(27)17-9-6-10-19(23-17)24-21(28)18-13-26(11-12-29-18)16-7-4-3-5-8-16/h3-10,14-15,18H,11-13H2,1-2H3,(H,23,24,28). The summed E-state index contributed by atoms with van der Waals surface area (Å²) in [5.41, 5.74) is 1.74. The lowest BCUT2D eigenvalue weighted by Gasteiger charge is -2.33. The maximum Gasteiger partial charge on any atom is 0.256 e. The molecule has 1 N–H and O–H groups in total. The zero-order valence-electron chi connectivity index (χ0n) is 16.5. The van der Waals surface area contributed by atoms with Gasteiger partial charge in [0.05, 0.1) is 13.2 Å². The minimum Gasteiger partial charge on any atom is -0.366 e. The third-order valence-electron chi connectivity index (χ3n) is 4.84. The van der Waals surface area contributed by atoms with Gasteiger partial charge in [-0.2, -0.15) is 0 Å². The highest BCUT2D eigenvalue weighted by atomic mass is 16.5. The number of pyridine rings is 1. The highest BCUT2D eigenvalue weighted by Crippen LogP contribution is 2.21. The molecule has 1 aromatic carbocycles. The summed E-state index contributed by atoms with van der Waals surface area (Å²) in [5, 5.41) is 11.0. The zero-order valence-corrected chi connectivity index (χ0v) is 16.5. The Morgan fingerprint density at radius 1 is 1.17 bits per heavy atom. The van der Waals surface area contributed by atoms with E-state index >= 15 is 0 Å². The first kappa shape index (κ1) is 19.1. The number of anilines is 2. The molecule has 0 bridgehead atoms. The van der Waals surface area contributed by atoms with E-state index in [1.807, 2.05) is 47.0 Å². The van der Waals surface area contributed by atoms with E-state index in [1.165, 1.54) is 0 Å². The lowest BCUT2D eigenvalue weighted by molar-refractivity contribution is -0.128. The summed E-state index contributed by atoms with van der Waals surface area (Å²) < 4.78 is 7.65. The molecule has 1 unspecified atom stereocenters. The number of amides is 1. The molecule has 1 atom stereocenters. The molecule has 0 aliphatic carbocycles. The molecule has 2 aromatic heterocycles. The third kappa shape index (κ3) is 4.27. The molecule has 8 nitrogen and oxygen atoms in total. The van der Waals surface area contributed by atoms with Gasteiger partial charge in [-0.25, -0.2) is 4.98 Å². The molecule has 0 saturated carbocycles. The lowest BCUT2D eigenvalue weighted by atomic mass is 10.2. The maximum atomic E-state index is 12.8. The van der Waals surface area contributed by atoms with Crippen LogP contribution in [0.4, 0.5) is 11.5 Å². The molecule has 29 heavy (non-hydrogen) atoms. The fourth-order valence-electron chi connectivity index (χ4n) is 3.32. The monoisotopic (exact) mass is 392 g/mol. The average Bonchev–Trinajstić information content (AvgIpc) is 3.25. The summed E-state index contributed by atoms with van der Waals surface area (Å²) in [6.07, 6.45) is 1.12. The SMILES string of the molecule is CC(C)n1cnnc1-c1cccc(NC(=O)C2CN(c3ccccc3)CCO2)n1. The molecule has 8 heteroatoms. The number of nitrogens with zero attached hydrogens (tertiary/aromatic N) is 5. The average molecular weight is 392 g/mol. The minimum absolute atomic E-state index is 0.208. The van der Waals surface area contributed by atoms with Crippen LogP contribution in [0.1, 0.15) is 19.9 Å². The predicted molar refractivity (Wildman–Crippen MR) is 111 cm³/mol. The van der Waals surface area contributed by atoms with Crippen molar-refractivity contribution in [2.45, 2.75) is 26.0 Å². The Bertz CT molecular complexity index is 972. The highest BCUT2D eigenvalue weighted by Gasteiger charge is 2.27. The van der Waals surface area contributed by atoms with E-state index in [1.54, 1.807) is 12.4 Å². The second-order valence-corrected chi connectivity index (χ2v) is 7.19. The highest BCUT2D eigenvalue weighted by molar-refractivity contribution is 5.94. The summed E-state index contributed by atoms with van der Waals surface area (Å²) in [4.78, 5) is 19.5. The Labute approximate surface area is 169 Å². The summed E-state index contributed by atoms with van der Waals surface area (Å²) in [6, 6.07) is 15.7. The Morgan fingerprint density at radius 2 is 2.00 bits per heavy atom. The number of benzene rings is 1. The van der Waals surface area contributed by atoms with E-state index in [0.717, 1.165) is 12.2 Å². The van der Waals surface area contributed by atoms with Gasteiger partial charge in [0.15, 0.2) is 11.9 Å². The van der Waals surface area contributed by atoms with E-state index in [0.29, 0.717) is 30.5 Å². The van der Waals surface area contributed by atoms with Gasteiger partial charge >= 0.3 is 0 Å². The van der Waals surface area contributed by atoms with Gasteiger partial charge in [0.1, 0.15) is 17.8 Å². The third-order valence-corrected chi connectivity index (χ3v) is 4.84. The van der Waals surface area contributed by atoms with Gasteiger partial charge in [0.2, 0.25) is 0 Å². The van der Waals surface area contributed by atoms with Gasteiger partial charge in [-0.3, -0.25) is 4.79 Å². The van der Waals surface area contributed by atoms with Crippen LogP contribution in [0, 0.1) is 0 Å². The largest absolute Gasteiger partial charge is 0.366 e. The predicted octanol–water partition coefficient (Wildman–Crippen LogP) is 2.76. The Morgan fingerprint density at radius 3 is 2.79 bits per heavy atom. The number of para-hydroxylation sites is 1. The number of rotatable bonds is 5. The van der Waals surface area contributed by atoms with Crippen LogP contribution in [-0.4, -0.2) is 51.5 Å². The molecule has 0 radical (unpaired) electrons. The Kier molecular flexibility index (Phi) is 5.53. The van der Waals surface area contributed by atoms with Crippen molar-refractivity contribution in [3.05, 3.63) is 54.9 Å². The molecular weight excluding hydrogens is 368 g/mol. The summed E-state index contributed by atoms with van der Waals surface area (Å²) in [5.74, 6) is 0.923. The topological polar surface area (TPSA) is 85.2 Å². The molecule has 1 fully saturated rings. The van der Waals surface area contributed by atoms with Gasteiger partial charge in [0, 0.05) is 18.3 Å². The molecule has 3 aromatic rings. The van der Waals surface area contributed by atoms with Crippen molar-refractivity contribution in [3.63, 3.8) is 0 Å². The number of carbonyl (C=O) groups excluding carboxylic acids is 1. The molecule has 1 saturated heterocycles. The van der Waals surface area contributed by atoms with Crippen LogP contribution in [0.3, 0.4) is 0 Å². The van der Waals surface area contributed by atoms with E-state index < -0.39 is 6.10 Å². The van der Waals surface area contributed by atoms with Crippen molar-refractivity contribution in [3.8, 4) is 11.5 Å². The number of carbonyl (C=O) groups is 1. The van der Waals surface area contributed by atoms with Crippen molar-refractivity contribution in [2.24, 2.45) is 0 Å². The summed E-state index contributed by atoms with van der Waals surface area (Å²) >= 11 is 0. The van der Waals surface area contributed by atoms with Crippen molar-refractivity contribution in [1.29, 1.82) is 0 Å². The van der Waals surface area contributed by atoms with Crippen LogP contribution < -0.4 is 10.2 Å². The van der Waals surface area contributed by atoms with Crippen LogP contribution in [0.5, 0.6) is 0 Å². The van der Waals surface area contributed by atoms with Crippen LogP contribution in [0.15, 0.2) is 54.9 Å². The second kappa shape index (κ2) is 8.40. The van der Waals surface area contributed by atoms with Gasteiger partial charge < -0.3 is 19.5 Å². The van der Waals surface area contributed by atoms with Crippen molar-refractivity contribution >= 4 is 17.4 Å². The second-order valence-electron chi connectivity index (χ2n) is 7.19. The molecule has 0 spiro atoms. The molecule has 4 rings (SSSR count). The van der Waals surface area contributed by atoms with E-state index in [9.17, 15) is 4.79 Å². The van der Waals surface area contributed by atoms with Crippen LogP contribution >= 0.6 is 0 Å². The number of hydrogen-bond donors (Lipinski definition) is 1. The van der Waals surface area contributed by atoms with E-state index in [-0.39, 0.29) is 11.9 Å². The van der Waals surface area contributed by atoms with Crippen LogP contribution in [0.25, 0.3) is 11.5 Å². The number of nitrogens with one attached hydrogen (secondary N) is 1. The number of morpholine rings is 1. The first-order valence-electron chi connectivity index (χ1n) is 9.71. The summed E-state index contributed by atoms with van der Waals surface area (Å²) in [6.45, 7) is 5.86. The summed E-state index contributed by atoms with van der Waals surface area (Å²) in [7, 11) is 0. The Balaban J connectivity index is 1.46. The van der Waals surface area contributed by atoms with Gasteiger partial charge in [-0.05, 0) is 38.1 Å². The number of aromatic nitrogens is 4. The fourth-order valence-corrected chi connectivity index (χ4v) is 3.32. The first-order chi connectivity index (χ1) is 14.1.